The van der Waals surface area contributed by atoms with Crippen molar-refractivity contribution in [1.82, 2.24) is 10.2 Å². The number of hydrogen-bond donors (Lipinski definition) is 1. The van der Waals surface area contributed by atoms with Crippen molar-refractivity contribution in [3.63, 3.8) is 0 Å². The molecule has 1 aliphatic rings. The van der Waals surface area contributed by atoms with Crippen LogP contribution in [0.15, 0.2) is 12.2 Å². The monoisotopic (exact) mass is 182 g/mol. The van der Waals surface area contributed by atoms with E-state index in [9.17, 15) is 4.79 Å². The SMILES string of the molecule is CCC(=O)/C=C/CN1CCNCC1. The highest BCUT2D eigenvalue weighted by atomic mass is 16.1. The molecule has 0 unspecified atom stereocenters. The van der Waals surface area contributed by atoms with Crippen LogP contribution in [0.5, 0.6) is 0 Å². The summed E-state index contributed by atoms with van der Waals surface area (Å²) in [6.07, 6.45) is 4.28. The first-order valence-electron chi connectivity index (χ1n) is 4.95. The second kappa shape index (κ2) is 5.89. The average molecular weight is 182 g/mol. The maximum Gasteiger partial charge on any atom is 0.155 e. The Morgan fingerprint density at radius 2 is 2.15 bits per heavy atom. The standard InChI is InChI=1S/C10H18N2O/c1-2-10(13)4-3-7-12-8-5-11-6-9-12/h3-4,11H,2,5-9H2,1H3/b4-3+. The van der Waals surface area contributed by atoms with E-state index in [2.05, 4.69) is 10.2 Å². The molecule has 0 aliphatic carbocycles. The maximum atomic E-state index is 10.9. The van der Waals surface area contributed by atoms with Gasteiger partial charge in [-0.15, -0.1) is 0 Å². The number of allylic oxidation sites excluding steroid dienone is 1. The van der Waals surface area contributed by atoms with Gasteiger partial charge in [0.2, 0.25) is 0 Å². The highest BCUT2D eigenvalue weighted by Crippen LogP contribution is 1.92. The smallest absolute Gasteiger partial charge is 0.155 e. The van der Waals surface area contributed by atoms with Crippen LogP contribution < -0.4 is 5.32 Å². The van der Waals surface area contributed by atoms with Gasteiger partial charge in [-0.2, -0.15) is 0 Å². The van der Waals surface area contributed by atoms with Crippen LogP contribution in [0.3, 0.4) is 0 Å². The summed E-state index contributed by atoms with van der Waals surface area (Å²) < 4.78 is 0. The largest absolute Gasteiger partial charge is 0.314 e. The number of hydrogen-bond acceptors (Lipinski definition) is 3. The number of carbonyl (C=O) groups is 1. The molecule has 3 heteroatoms. The van der Waals surface area contributed by atoms with Crippen molar-refractivity contribution in [3.8, 4) is 0 Å². The Hall–Kier alpha value is -0.670. The average Bonchev–Trinajstić information content (AvgIpc) is 2.19. The zero-order chi connectivity index (χ0) is 9.52. The van der Waals surface area contributed by atoms with Crippen LogP contribution in [-0.4, -0.2) is 43.4 Å². The predicted molar refractivity (Wildman–Crippen MR) is 53.7 cm³/mol. The van der Waals surface area contributed by atoms with Gasteiger partial charge < -0.3 is 5.32 Å². The Kier molecular flexibility index (Phi) is 4.72. The van der Waals surface area contributed by atoms with Crippen LogP contribution in [0.4, 0.5) is 0 Å². The summed E-state index contributed by atoms with van der Waals surface area (Å²) in [7, 11) is 0. The van der Waals surface area contributed by atoms with Crippen molar-refractivity contribution in [2.45, 2.75) is 13.3 Å². The molecule has 1 heterocycles. The first kappa shape index (κ1) is 10.4. The molecule has 0 atom stereocenters. The Bertz CT molecular complexity index is 183. The third-order valence-corrected chi connectivity index (χ3v) is 2.23. The summed E-state index contributed by atoms with van der Waals surface area (Å²) in [6.45, 7) is 7.10. The van der Waals surface area contributed by atoms with Crippen LogP contribution in [0.1, 0.15) is 13.3 Å². The van der Waals surface area contributed by atoms with Crippen molar-refractivity contribution >= 4 is 5.78 Å². The van der Waals surface area contributed by atoms with E-state index in [1.165, 1.54) is 0 Å². The summed E-state index contributed by atoms with van der Waals surface area (Å²) in [5, 5.41) is 3.29. The van der Waals surface area contributed by atoms with E-state index < -0.39 is 0 Å². The number of nitrogens with zero attached hydrogens (tertiary/aromatic N) is 1. The van der Waals surface area contributed by atoms with Gasteiger partial charge >= 0.3 is 0 Å². The molecule has 1 N–H and O–H groups in total. The molecule has 0 spiro atoms. The second-order valence-corrected chi connectivity index (χ2v) is 3.27. The Labute approximate surface area is 79.8 Å². The second-order valence-electron chi connectivity index (χ2n) is 3.27. The zero-order valence-electron chi connectivity index (χ0n) is 8.25. The molecule has 1 fully saturated rings. The van der Waals surface area contributed by atoms with E-state index in [4.69, 9.17) is 0 Å². The van der Waals surface area contributed by atoms with E-state index >= 15 is 0 Å². The van der Waals surface area contributed by atoms with E-state index in [-0.39, 0.29) is 5.78 Å². The van der Waals surface area contributed by atoms with E-state index in [0.717, 1.165) is 32.7 Å². The summed E-state index contributed by atoms with van der Waals surface area (Å²) >= 11 is 0. The minimum absolute atomic E-state index is 0.218. The Balaban J connectivity index is 2.16. The van der Waals surface area contributed by atoms with Gasteiger partial charge in [0.1, 0.15) is 0 Å². The summed E-state index contributed by atoms with van der Waals surface area (Å²) in [6, 6.07) is 0. The molecule has 0 aromatic carbocycles. The first-order chi connectivity index (χ1) is 6.33. The van der Waals surface area contributed by atoms with Gasteiger partial charge in [-0.05, 0) is 6.08 Å². The van der Waals surface area contributed by atoms with Crippen LogP contribution >= 0.6 is 0 Å². The minimum Gasteiger partial charge on any atom is -0.314 e. The number of ketones is 1. The lowest BCUT2D eigenvalue weighted by atomic mass is 10.3. The molecule has 0 aromatic heterocycles. The van der Waals surface area contributed by atoms with Crippen LogP contribution in [0.2, 0.25) is 0 Å². The van der Waals surface area contributed by atoms with E-state index in [1.54, 1.807) is 6.08 Å². The highest BCUT2D eigenvalue weighted by Gasteiger charge is 2.06. The zero-order valence-corrected chi connectivity index (χ0v) is 8.25. The molecule has 13 heavy (non-hydrogen) atoms. The molecule has 1 aliphatic heterocycles. The van der Waals surface area contributed by atoms with Gasteiger partial charge in [0.25, 0.3) is 0 Å². The number of piperazine rings is 1. The van der Waals surface area contributed by atoms with E-state index in [0.29, 0.717) is 6.42 Å². The van der Waals surface area contributed by atoms with Gasteiger partial charge in [0, 0.05) is 39.1 Å². The Morgan fingerprint density at radius 3 is 2.77 bits per heavy atom. The molecule has 0 amide bonds. The van der Waals surface area contributed by atoms with Crippen molar-refractivity contribution in [1.29, 1.82) is 0 Å². The lowest BCUT2D eigenvalue weighted by Gasteiger charge is -2.25. The predicted octanol–water partition coefficient (Wildman–Crippen LogP) is 0.427. The molecule has 3 nitrogen and oxygen atoms in total. The van der Waals surface area contributed by atoms with Gasteiger partial charge in [0.05, 0.1) is 0 Å². The van der Waals surface area contributed by atoms with Crippen LogP contribution in [0, 0.1) is 0 Å². The van der Waals surface area contributed by atoms with Crippen molar-refractivity contribution in [3.05, 3.63) is 12.2 Å². The van der Waals surface area contributed by atoms with Gasteiger partial charge in [-0.1, -0.05) is 13.0 Å². The first-order valence-corrected chi connectivity index (χ1v) is 4.95. The fourth-order valence-corrected chi connectivity index (χ4v) is 1.34. The topological polar surface area (TPSA) is 32.3 Å². The number of carbonyl (C=O) groups excluding carboxylic acids is 1. The molecule has 74 valence electrons. The molecular weight excluding hydrogens is 164 g/mol. The van der Waals surface area contributed by atoms with Crippen molar-refractivity contribution in [2.24, 2.45) is 0 Å². The molecule has 0 saturated carbocycles. The third-order valence-electron chi connectivity index (χ3n) is 2.23. The summed E-state index contributed by atoms with van der Waals surface area (Å²) in [5.41, 5.74) is 0. The highest BCUT2D eigenvalue weighted by molar-refractivity contribution is 5.89. The molecule has 1 rings (SSSR count). The van der Waals surface area contributed by atoms with Crippen LogP contribution in [0.25, 0.3) is 0 Å². The fraction of sp³-hybridized carbons (Fsp3) is 0.700. The number of rotatable bonds is 4. The Morgan fingerprint density at radius 1 is 1.46 bits per heavy atom. The quantitative estimate of drug-likeness (QED) is 0.640. The normalized spacial score (nSPS) is 19.5. The molecule has 0 radical (unpaired) electrons. The third kappa shape index (κ3) is 4.20. The lowest BCUT2D eigenvalue weighted by molar-refractivity contribution is -0.114. The summed E-state index contributed by atoms with van der Waals surface area (Å²) in [5.74, 6) is 0.218. The molecule has 1 saturated heterocycles. The molecule has 0 aromatic rings. The van der Waals surface area contributed by atoms with Gasteiger partial charge in [0.15, 0.2) is 5.78 Å². The van der Waals surface area contributed by atoms with Crippen molar-refractivity contribution in [2.75, 3.05) is 32.7 Å². The van der Waals surface area contributed by atoms with Gasteiger partial charge in [-0.3, -0.25) is 9.69 Å². The maximum absolute atomic E-state index is 10.9. The minimum atomic E-state index is 0.218. The van der Waals surface area contributed by atoms with Crippen molar-refractivity contribution < 1.29 is 4.79 Å². The van der Waals surface area contributed by atoms with Gasteiger partial charge in [-0.25, -0.2) is 0 Å². The van der Waals surface area contributed by atoms with Crippen LogP contribution in [-0.2, 0) is 4.79 Å². The van der Waals surface area contributed by atoms with E-state index in [1.807, 2.05) is 13.0 Å². The summed E-state index contributed by atoms with van der Waals surface area (Å²) in [4.78, 5) is 13.3. The molecule has 0 bridgehead atoms. The lowest BCUT2D eigenvalue weighted by Crippen LogP contribution is -2.43. The fourth-order valence-electron chi connectivity index (χ4n) is 1.34. The molecular formula is C10H18N2O. The number of nitrogens with one attached hydrogen (secondary N) is 1.